The Morgan fingerprint density at radius 2 is 1.14 bits per heavy atom. The van der Waals surface area contributed by atoms with E-state index in [9.17, 15) is 10.2 Å². The average molecular weight is 600 g/mol. The number of allylic oxidation sites excluding steroid dienone is 15. The van der Waals surface area contributed by atoms with Crippen LogP contribution in [0.1, 0.15) is 88.0 Å². The number of aliphatic hydroxyl groups is 2. The molecule has 2 saturated heterocycles. The van der Waals surface area contributed by atoms with E-state index in [4.69, 9.17) is 9.47 Å². The van der Waals surface area contributed by atoms with Crippen molar-refractivity contribution in [2.24, 2.45) is 10.8 Å². The Morgan fingerprint density at radius 3 is 1.66 bits per heavy atom. The molecule has 0 aromatic rings. The largest absolute Gasteiger partial charge is 0.393 e. The molecule has 0 amide bonds. The van der Waals surface area contributed by atoms with Gasteiger partial charge in [0.1, 0.15) is 22.4 Å². The summed E-state index contributed by atoms with van der Waals surface area (Å²) in [5.74, 6) is 0. The van der Waals surface area contributed by atoms with Gasteiger partial charge in [0.05, 0.1) is 12.2 Å². The van der Waals surface area contributed by atoms with Crippen LogP contribution >= 0.6 is 0 Å². The van der Waals surface area contributed by atoms with Gasteiger partial charge in [0.25, 0.3) is 0 Å². The predicted octanol–water partition coefficient (Wildman–Crippen LogP) is 8.78. The zero-order chi connectivity index (χ0) is 32.6. The van der Waals surface area contributed by atoms with Crippen molar-refractivity contribution in [3.63, 3.8) is 0 Å². The fraction of sp³-hybridized carbons (Fsp3) is 0.525. The van der Waals surface area contributed by atoms with Crippen LogP contribution in [0.4, 0.5) is 0 Å². The molecule has 0 radical (unpaired) electrons. The molecule has 44 heavy (non-hydrogen) atoms. The van der Waals surface area contributed by atoms with Gasteiger partial charge in [-0.3, -0.25) is 0 Å². The van der Waals surface area contributed by atoms with Gasteiger partial charge < -0.3 is 19.7 Å². The summed E-state index contributed by atoms with van der Waals surface area (Å²) in [4.78, 5) is 0. The molecule has 2 aliphatic heterocycles. The topological polar surface area (TPSA) is 65.5 Å². The van der Waals surface area contributed by atoms with Gasteiger partial charge in [0, 0.05) is 23.7 Å². The minimum atomic E-state index is -0.334. The molecule has 2 saturated carbocycles. The van der Waals surface area contributed by atoms with E-state index in [0.717, 1.165) is 35.1 Å². The zero-order valence-electron chi connectivity index (χ0n) is 28.5. The fourth-order valence-electron chi connectivity index (χ4n) is 7.94. The van der Waals surface area contributed by atoms with E-state index in [-0.39, 0.29) is 45.4 Å². The third-order valence-corrected chi connectivity index (χ3v) is 10.3. The molecule has 0 spiro atoms. The second kappa shape index (κ2) is 12.3. The second-order valence-electron chi connectivity index (χ2n) is 15.3. The van der Waals surface area contributed by atoms with Crippen LogP contribution in [0.5, 0.6) is 0 Å². The van der Waals surface area contributed by atoms with Crippen molar-refractivity contribution in [2.45, 2.75) is 123 Å². The molecule has 2 aliphatic carbocycles. The Kier molecular flexibility index (Phi) is 9.56. The molecule has 0 aromatic heterocycles. The van der Waals surface area contributed by atoms with Crippen LogP contribution in [0, 0.1) is 17.3 Å². The summed E-state index contributed by atoms with van der Waals surface area (Å²) in [6, 6.07) is 0. The fourth-order valence-corrected chi connectivity index (χ4v) is 7.94. The van der Waals surface area contributed by atoms with Crippen LogP contribution < -0.4 is 0 Å². The Balaban J connectivity index is 1.22. The van der Waals surface area contributed by atoms with Crippen molar-refractivity contribution in [3.05, 3.63) is 114 Å². The number of hydrogen-bond acceptors (Lipinski definition) is 4. The average Bonchev–Trinajstić information content (AvgIpc) is 3.73. The first kappa shape index (κ1) is 34.2. The quantitative estimate of drug-likeness (QED) is 0.142. The highest BCUT2D eigenvalue weighted by atomic mass is 16.6. The number of ether oxygens (including phenoxy) is 2. The minimum Gasteiger partial charge on any atom is -0.393 e. The molecule has 4 fully saturated rings. The lowest BCUT2D eigenvalue weighted by atomic mass is 9.63. The molecule has 2 heterocycles. The van der Waals surface area contributed by atoms with Crippen molar-refractivity contribution in [1.29, 1.82) is 0 Å². The van der Waals surface area contributed by atoms with Crippen molar-refractivity contribution < 1.29 is 19.7 Å². The van der Waals surface area contributed by atoms with Crippen LogP contribution in [-0.4, -0.2) is 44.8 Å². The maximum absolute atomic E-state index is 10.3. The molecule has 0 bridgehead atoms. The first-order valence-electron chi connectivity index (χ1n) is 16.1. The minimum absolute atomic E-state index is 0.0997. The molecular weight excluding hydrogens is 544 g/mol. The highest BCUT2D eigenvalue weighted by molar-refractivity contribution is 5.40. The smallest absolute Gasteiger partial charge is 0.121 e. The van der Waals surface area contributed by atoms with Gasteiger partial charge >= 0.3 is 0 Å². The van der Waals surface area contributed by atoms with Gasteiger partial charge in [-0.2, -0.15) is 24.6 Å². The van der Waals surface area contributed by atoms with Gasteiger partial charge in [-0.15, -0.1) is 17.2 Å². The lowest BCUT2D eigenvalue weighted by Gasteiger charge is -2.39. The van der Waals surface area contributed by atoms with Crippen LogP contribution in [0.3, 0.4) is 0 Å². The maximum atomic E-state index is 10.3. The number of rotatable bonds is 11. The number of hydrogen-bond donors (Lipinski definition) is 2. The summed E-state index contributed by atoms with van der Waals surface area (Å²) in [6.45, 7) is 23.4. The van der Waals surface area contributed by atoms with Gasteiger partial charge in [0.15, 0.2) is 0 Å². The van der Waals surface area contributed by atoms with Crippen LogP contribution in [-0.2, 0) is 9.47 Å². The van der Waals surface area contributed by atoms with Crippen LogP contribution in [0.15, 0.2) is 108 Å². The molecular formula is C40H55O4-. The van der Waals surface area contributed by atoms with Crippen molar-refractivity contribution in [2.75, 3.05) is 0 Å². The summed E-state index contributed by atoms with van der Waals surface area (Å²) in [5, 5.41) is 20.5. The Morgan fingerprint density at radius 1 is 0.659 bits per heavy atom. The van der Waals surface area contributed by atoms with Crippen LogP contribution in [0.2, 0.25) is 0 Å². The lowest BCUT2D eigenvalue weighted by Crippen LogP contribution is -2.46. The van der Waals surface area contributed by atoms with E-state index < -0.39 is 0 Å². The second-order valence-corrected chi connectivity index (χ2v) is 15.3. The standard InChI is InChI=1S/C40H55O4/c1-29(17-13-19-31(3)21-23-39-35(5,6)25-33(41)27-37(39,9)43-39)15-11-12-16-30(2)18-14-20-32(4)22-24-40-36(7,8)26-34(42)28-38(40,10)44-40/h11-24,33-34,41-42H,3,25-28H2,1-2,4-10H3/q-1/b15-11+,18-14+,19-13+,23-21+,24-22+,29-17+,30-16+,32-20+/t33-,34-,37+,38+,39-,40-/m0/s1. The van der Waals surface area contributed by atoms with Gasteiger partial charge in [-0.05, 0) is 51.3 Å². The summed E-state index contributed by atoms with van der Waals surface area (Å²) in [5.41, 5.74) is 2.97. The van der Waals surface area contributed by atoms with Crippen LogP contribution in [0.25, 0.3) is 0 Å². The Bertz CT molecular complexity index is 1360. The number of aliphatic hydroxyl groups excluding tert-OH is 2. The molecule has 4 heteroatoms. The monoisotopic (exact) mass is 599 g/mol. The van der Waals surface area contributed by atoms with Crippen molar-refractivity contribution in [3.8, 4) is 0 Å². The first-order chi connectivity index (χ1) is 20.4. The first-order valence-corrected chi connectivity index (χ1v) is 16.1. The van der Waals surface area contributed by atoms with E-state index in [1.807, 2.05) is 24.3 Å². The SMILES string of the molecule is C=C(/C=C/C=C(C)/C=C/[CH-]/C=C(C)/C=C/C=C(C)/C=C/[C@@]12O[C@]1(C)C[C@@H](O)CC2(C)C)/C=C/[C@@]12O[C@]1(C)C[C@@H](O)CC2(C)C. The van der Waals surface area contributed by atoms with Crippen molar-refractivity contribution >= 4 is 0 Å². The zero-order valence-corrected chi connectivity index (χ0v) is 28.5. The number of fused-ring (bicyclic) bond motifs is 2. The summed E-state index contributed by atoms with van der Waals surface area (Å²) in [6.07, 6.45) is 31.5. The van der Waals surface area contributed by atoms with Crippen molar-refractivity contribution in [1.82, 2.24) is 0 Å². The lowest BCUT2D eigenvalue weighted by molar-refractivity contribution is 0.0510. The van der Waals surface area contributed by atoms with Gasteiger partial charge in [-0.25, -0.2) is 0 Å². The molecule has 2 N–H and O–H groups in total. The maximum Gasteiger partial charge on any atom is 0.121 e. The summed E-state index contributed by atoms with van der Waals surface area (Å²) >= 11 is 0. The molecule has 4 nitrogen and oxygen atoms in total. The molecule has 0 aromatic carbocycles. The third-order valence-electron chi connectivity index (χ3n) is 10.3. The third kappa shape index (κ3) is 6.79. The van der Waals surface area contributed by atoms with E-state index in [0.29, 0.717) is 12.8 Å². The molecule has 4 rings (SSSR count). The molecule has 0 unspecified atom stereocenters. The van der Waals surface area contributed by atoms with E-state index >= 15 is 0 Å². The highest BCUT2D eigenvalue weighted by Gasteiger charge is 2.75. The van der Waals surface area contributed by atoms with E-state index in [2.05, 4.69) is 130 Å². The molecule has 240 valence electrons. The molecule has 4 aliphatic rings. The van der Waals surface area contributed by atoms with E-state index in [1.54, 1.807) is 0 Å². The van der Waals surface area contributed by atoms with Gasteiger partial charge in [-0.1, -0.05) is 96.2 Å². The summed E-state index contributed by atoms with van der Waals surface area (Å²) < 4.78 is 12.5. The Labute approximate surface area is 267 Å². The van der Waals surface area contributed by atoms with E-state index in [1.165, 1.54) is 0 Å². The van der Waals surface area contributed by atoms with Gasteiger partial charge in [0.2, 0.25) is 0 Å². The number of epoxide rings is 2. The summed E-state index contributed by atoms with van der Waals surface area (Å²) in [7, 11) is 0. The highest BCUT2D eigenvalue weighted by Crippen LogP contribution is 2.67. The molecule has 6 atom stereocenters. The predicted molar refractivity (Wildman–Crippen MR) is 183 cm³/mol. The Hall–Kier alpha value is -2.63. The normalized spacial score (nSPS) is 38.6.